The SMILES string of the molecule is Cn1cc(CNCc2cncn2C2CC2)cn1. The number of aromatic nitrogens is 4. The standard InChI is InChI=1S/C12H17N5/c1-16-8-10(5-15-16)4-13-6-12-7-14-9-17(12)11-2-3-11/h5,7-9,11,13H,2-4,6H2,1H3. The minimum atomic E-state index is 0.702. The topological polar surface area (TPSA) is 47.7 Å². The molecule has 1 fully saturated rings. The Hall–Kier alpha value is -1.62. The van der Waals surface area contributed by atoms with Crippen molar-refractivity contribution in [1.29, 1.82) is 0 Å². The first kappa shape index (κ1) is 10.5. The van der Waals surface area contributed by atoms with Crippen molar-refractivity contribution in [2.45, 2.75) is 32.0 Å². The summed E-state index contributed by atoms with van der Waals surface area (Å²) in [5.41, 5.74) is 2.49. The van der Waals surface area contributed by atoms with E-state index in [1.807, 2.05) is 36.6 Å². The summed E-state index contributed by atoms with van der Waals surface area (Å²) in [7, 11) is 1.94. The predicted octanol–water partition coefficient (Wildman–Crippen LogP) is 1.24. The van der Waals surface area contributed by atoms with Crippen LogP contribution in [0, 0.1) is 0 Å². The fourth-order valence-electron chi connectivity index (χ4n) is 2.05. The average molecular weight is 231 g/mol. The number of aryl methyl sites for hydroxylation is 1. The fourth-order valence-corrected chi connectivity index (χ4v) is 2.05. The molecule has 0 saturated heterocycles. The van der Waals surface area contributed by atoms with Crippen molar-refractivity contribution in [2.75, 3.05) is 0 Å². The molecule has 0 atom stereocenters. The summed E-state index contributed by atoms with van der Waals surface area (Å²) in [6.45, 7) is 1.72. The molecule has 90 valence electrons. The molecule has 1 aliphatic rings. The first-order chi connectivity index (χ1) is 8.33. The Kier molecular flexibility index (Phi) is 2.68. The van der Waals surface area contributed by atoms with Crippen LogP contribution in [-0.4, -0.2) is 19.3 Å². The molecule has 5 heteroatoms. The molecule has 0 spiro atoms. The van der Waals surface area contributed by atoms with E-state index >= 15 is 0 Å². The summed E-state index contributed by atoms with van der Waals surface area (Å²) >= 11 is 0. The van der Waals surface area contributed by atoms with Gasteiger partial charge in [0.15, 0.2) is 0 Å². The largest absolute Gasteiger partial charge is 0.330 e. The zero-order valence-corrected chi connectivity index (χ0v) is 10.0. The van der Waals surface area contributed by atoms with Crippen LogP contribution in [0.15, 0.2) is 24.9 Å². The van der Waals surface area contributed by atoms with E-state index in [0.717, 1.165) is 13.1 Å². The third kappa shape index (κ3) is 2.39. The second kappa shape index (κ2) is 4.33. The van der Waals surface area contributed by atoms with Gasteiger partial charge in [-0.1, -0.05) is 0 Å². The summed E-state index contributed by atoms with van der Waals surface area (Å²) in [5, 5.41) is 7.57. The maximum absolute atomic E-state index is 4.22. The van der Waals surface area contributed by atoms with Crippen molar-refractivity contribution < 1.29 is 0 Å². The molecule has 1 aliphatic carbocycles. The smallest absolute Gasteiger partial charge is 0.0951 e. The maximum Gasteiger partial charge on any atom is 0.0951 e. The Morgan fingerprint density at radius 3 is 2.94 bits per heavy atom. The Bertz CT molecular complexity index is 494. The molecule has 2 aromatic heterocycles. The van der Waals surface area contributed by atoms with E-state index in [-0.39, 0.29) is 0 Å². The van der Waals surface area contributed by atoms with Gasteiger partial charge in [-0.3, -0.25) is 4.68 Å². The Labute approximate surface area is 100 Å². The van der Waals surface area contributed by atoms with Crippen LogP contribution in [0.1, 0.15) is 30.1 Å². The summed E-state index contributed by atoms with van der Waals surface area (Å²) in [4.78, 5) is 4.22. The number of nitrogens with zero attached hydrogens (tertiary/aromatic N) is 4. The van der Waals surface area contributed by atoms with Gasteiger partial charge in [-0.05, 0) is 12.8 Å². The molecule has 2 heterocycles. The molecule has 1 N–H and O–H groups in total. The van der Waals surface area contributed by atoms with Gasteiger partial charge in [-0.25, -0.2) is 4.98 Å². The Morgan fingerprint density at radius 1 is 1.35 bits per heavy atom. The van der Waals surface area contributed by atoms with Gasteiger partial charge < -0.3 is 9.88 Å². The lowest BCUT2D eigenvalue weighted by atomic mass is 10.3. The zero-order chi connectivity index (χ0) is 11.7. The lowest BCUT2D eigenvalue weighted by Crippen LogP contribution is -2.15. The van der Waals surface area contributed by atoms with Gasteiger partial charge in [0.05, 0.1) is 18.2 Å². The zero-order valence-electron chi connectivity index (χ0n) is 10.0. The highest BCUT2D eigenvalue weighted by atomic mass is 15.2. The molecular weight excluding hydrogens is 214 g/mol. The lowest BCUT2D eigenvalue weighted by molar-refractivity contribution is 0.620. The van der Waals surface area contributed by atoms with Crippen LogP contribution in [0.25, 0.3) is 0 Å². The quantitative estimate of drug-likeness (QED) is 0.842. The van der Waals surface area contributed by atoms with E-state index in [2.05, 4.69) is 20.0 Å². The highest BCUT2D eigenvalue weighted by Gasteiger charge is 2.24. The van der Waals surface area contributed by atoms with Crippen LogP contribution in [0.3, 0.4) is 0 Å². The molecular formula is C12H17N5. The Balaban J connectivity index is 1.55. The van der Waals surface area contributed by atoms with E-state index in [1.54, 1.807) is 0 Å². The molecule has 17 heavy (non-hydrogen) atoms. The number of hydrogen-bond donors (Lipinski definition) is 1. The van der Waals surface area contributed by atoms with Crippen molar-refractivity contribution >= 4 is 0 Å². The van der Waals surface area contributed by atoms with Crippen molar-refractivity contribution in [1.82, 2.24) is 24.6 Å². The third-order valence-corrected chi connectivity index (χ3v) is 3.08. The van der Waals surface area contributed by atoms with Crippen molar-refractivity contribution in [3.8, 4) is 0 Å². The maximum atomic E-state index is 4.22. The first-order valence-electron chi connectivity index (χ1n) is 6.02. The number of imidazole rings is 1. The number of hydrogen-bond acceptors (Lipinski definition) is 3. The molecule has 3 rings (SSSR count). The van der Waals surface area contributed by atoms with E-state index in [0.29, 0.717) is 6.04 Å². The van der Waals surface area contributed by atoms with Crippen molar-refractivity contribution in [2.24, 2.45) is 7.05 Å². The monoisotopic (exact) mass is 231 g/mol. The molecule has 5 nitrogen and oxygen atoms in total. The van der Waals surface area contributed by atoms with Crippen LogP contribution >= 0.6 is 0 Å². The highest BCUT2D eigenvalue weighted by Crippen LogP contribution is 2.35. The number of rotatable bonds is 5. The molecule has 0 unspecified atom stereocenters. The minimum absolute atomic E-state index is 0.702. The van der Waals surface area contributed by atoms with Gasteiger partial charge >= 0.3 is 0 Å². The van der Waals surface area contributed by atoms with Crippen LogP contribution in [0.4, 0.5) is 0 Å². The van der Waals surface area contributed by atoms with E-state index in [4.69, 9.17) is 0 Å². The second-order valence-electron chi connectivity index (χ2n) is 4.65. The van der Waals surface area contributed by atoms with Gasteiger partial charge in [0.2, 0.25) is 0 Å². The second-order valence-corrected chi connectivity index (χ2v) is 4.65. The fraction of sp³-hybridized carbons (Fsp3) is 0.500. The molecule has 2 aromatic rings. The van der Waals surface area contributed by atoms with E-state index in [1.165, 1.54) is 24.1 Å². The first-order valence-corrected chi connectivity index (χ1v) is 6.02. The summed E-state index contributed by atoms with van der Waals surface area (Å²) in [6, 6.07) is 0.702. The van der Waals surface area contributed by atoms with Crippen LogP contribution in [0.2, 0.25) is 0 Å². The minimum Gasteiger partial charge on any atom is -0.330 e. The molecule has 0 aliphatic heterocycles. The lowest BCUT2D eigenvalue weighted by Gasteiger charge is -2.07. The van der Waals surface area contributed by atoms with Crippen LogP contribution in [0.5, 0.6) is 0 Å². The molecule has 0 aromatic carbocycles. The summed E-state index contributed by atoms with van der Waals surface area (Å²) in [6.07, 6.45) is 10.4. The van der Waals surface area contributed by atoms with Crippen molar-refractivity contribution in [3.05, 3.63) is 36.2 Å². The van der Waals surface area contributed by atoms with Crippen molar-refractivity contribution in [3.63, 3.8) is 0 Å². The summed E-state index contributed by atoms with van der Waals surface area (Å²) < 4.78 is 4.11. The van der Waals surface area contributed by atoms with Gasteiger partial charge in [-0.15, -0.1) is 0 Å². The molecule has 0 amide bonds. The highest BCUT2D eigenvalue weighted by molar-refractivity contribution is 5.06. The average Bonchev–Trinajstić information content (AvgIpc) is 2.92. The van der Waals surface area contributed by atoms with Gasteiger partial charge in [-0.2, -0.15) is 5.10 Å². The van der Waals surface area contributed by atoms with Gasteiger partial charge in [0.1, 0.15) is 0 Å². The molecule has 0 bridgehead atoms. The van der Waals surface area contributed by atoms with Crippen LogP contribution in [-0.2, 0) is 20.1 Å². The number of nitrogens with one attached hydrogen (secondary N) is 1. The molecule has 1 saturated carbocycles. The van der Waals surface area contributed by atoms with E-state index in [9.17, 15) is 0 Å². The Morgan fingerprint density at radius 2 is 2.24 bits per heavy atom. The van der Waals surface area contributed by atoms with E-state index < -0.39 is 0 Å². The van der Waals surface area contributed by atoms with Gasteiger partial charge in [0.25, 0.3) is 0 Å². The predicted molar refractivity (Wildman–Crippen MR) is 64.2 cm³/mol. The summed E-state index contributed by atoms with van der Waals surface area (Å²) in [5.74, 6) is 0. The third-order valence-electron chi connectivity index (χ3n) is 3.08. The van der Waals surface area contributed by atoms with Gasteiger partial charge in [0, 0.05) is 44.1 Å². The van der Waals surface area contributed by atoms with Crippen LogP contribution < -0.4 is 5.32 Å². The molecule has 0 radical (unpaired) electrons. The normalized spacial score (nSPS) is 15.4.